The first-order valence-corrected chi connectivity index (χ1v) is 10.2. The standard InChI is InChI=1S/C22H20N4O2S/c1-14-8-10-17(11-9-14)20-24-19(28-26-20)13-29-22-23-15(2)18(21(27)25-22)12-16-6-4-3-5-7-16/h3-11H,12-13H2,1-2H3,(H,23,25,27). The molecule has 1 N–H and O–H groups in total. The molecule has 0 unspecified atom stereocenters. The summed E-state index contributed by atoms with van der Waals surface area (Å²) in [5.41, 5.74) is 4.45. The van der Waals surface area contributed by atoms with Crippen LogP contribution in [0.3, 0.4) is 0 Å². The second-order valence-corrected chi connectivity index (χ2v) is 7.73. The molecule has 0 amide bonds. The molecule has 0 aliphatic carbocycles. The first kappa shape index (κ1) is 19.1. The number of hydrogen-bond acceptors (Lipinski definition) is 6. The Morgan fingerprint density at radius 3 is 2.48 bits per heavy atom. The number of aromatic amines is 1. The molecule has 0 aliphatic heterocycles. The fraction of sp³-hybridized carbons (Fsp3) is 0.182. The molecule has 2 aromatic heterocycles. The molecule has 0 atom stereocenters. The molecule has 0 bridgehead atoms. The highest BCUT2D eigenvalue weighted by molar-refractivity contribution is 7.98. The van der Waals surface area contributed by atoms with Crippen LogP contribution < -0.4 is 5.56 Å². The SMILES string of the molecule is Cc1ccc(-c2noc(CSc3nc(C)c(Cc4ccccc4)c(=O)[nH]3)n2)cc1. The predicted octanol–water partition coefficient (Wildman–Crippen LogP) is 4.32. The molecule has 4 rings (SSSR count). The van der Waals surface area contributed by atoms with E-state index in [-0.39, 0.29) is 5.56 Å². The molecule has 29 heavy (non-hydrogen) atoms. The molecule has 0 saturated heterocycles. The van der Waals surface area contributed by atoms with E-state index in [1.807, 2.05) is 68.4 Å². The third kappa shape index (κ3) is 4.63. The van der Waals surface area contributed by atoms with Crippen molar-refractivity contribution in [3.8, 4) is 11.4 Å². The molecule has 0 radical (unpaired) electrons. The van der Waals surface area contributed by atoms with Crippen LogP contribution in [0.5, 0.6) is 0 Å². The Hall–Kier alpha value is -3.19. The van der Waals surface area contributed by atoms with Crippen LogP contribution in [0.25, 0.3) is 11.4 Å². The Morgan fingerprint density at radius 2 is 1.76 bits per heavy atom. The summed E-state index contributed by atoms with van der Waals surface area (Å²) < 4.78 is 5.33. The minimum absolute atomic E-state index is 0.116. The molecule has 2 aromatic carbocycles. The van der Waals surface area contributed by atoms with Crippen molar-refractivity contribution < 1.29 is 4.52 Å². The summed E-state index contributed by atoms with van der Waals surface area (Å²) in [7, 11) is 0. The lowest BCUT2D eigenvalue weighted by molar-refractivity contribution is 0.391. The van der Waals surface area contributed by atoms with E-state index in [9.17, 15) is 4.79 Å². The largest absolute Gasteiger partial charge is 0.338 e. The molecule has 7 heteroatoms. The van der Waals surface area contributed by atoms with Crippen LogP contribution in [-0.2, 0) is 12.2 Å². The number of rotatable bonds is 6. The van der Waals surface area contributed by atoms with Gasteiger partial charge >= 0.3 is 0 Å². The molecule has 0 saturated carbocycles. The van der Waals surface area contributed by atoms with E-state index in [0.29, 0.717) is 34.6 Å². The molecule has 4 aromatic rings. The number of benzene rings is 2. The van der Waals surface area contributed by atoms with Gasteiger partial charge in [0.2, 0.25) is 11.7 Å². The zero-order valence-electron chi connectivity index (χ0n) is 16.2. The third-order valence-corrected chi connectivity index (χ3v) is 5.39. The van der Waals surface area contributed by atoms with Crippen molar-refractivity contribution in [1.29, 1.82) is 0 Å². The Kier molecular flexibility index (Phi) is 5.57. The normalized spacial score (nSPS) is 11.0. The molecule has 146 valence electrons. The summed E-state index contributed by atoms with van der Waals surface area (Å²) in [6.45, 7) is 3.89. The van der Waals surface area contributed by atoms with Crippen LogP contribution in [0.2, 0.25) is 0 Å². The van der Waals surface area contributed by atoms with E-state index in [1.54, 1.807) is 0 Å². The van der Waals surface area contributed by atoms with Gasteiger partial charge in [0, 0.05) is 23.2 Å². The Labute approximate surface area is 172 Å². The number of hydrogen-bond donors (Lipinski definition) is 1. The van der Waals surface area contributed by atoms with E-state index in [0.717, 1.165) is 16.8 Å². The highest BCUT2D eigenvalue weighted by Crippen LogP contribution is 2.21. The molecule has 6 nitrogen and oxygen atoms in total. The molecule has 2 heterocycles. The first-order chi connectivity index (χ1) is 14.1. The van der Waals surface area contributed by atoms with Gasteiger partial charge in [0.15, 0.2) is 5.16 Å². The summed E-state index contributed by atoms with van der Waals surface area (Å²) in [5.74, 6) is 1.47. The van der Waals surface area contributed by atoms with Gasteiger partial charge in [0.25, 0.3) is 5.56 Å². The van der Waals surface area contributed by atoms with Gasteiger partial charge in [-0.1, -0.05) is 77.1 Å². The van der Waals surface area contributed by atoms with Crippen LogP contribution in [-0.4, -0.2) is 20.1 Å². The predicted molar refractivity (Wildman–Crippen MR) is 113 cm³/mol. The minimum Gasteiger partial charge on any atom is -0.338 e. The van der Waals surface area contributed by atoms with E-state index in [4.69, 9.17) is 4.52 Å². The van der Waals surface area contributed by atoms with Crippen molar-refractivity contribution in [3.05, 3.63) is 93.2 Å². The summed E-state index contributed by atoms with van der Waals surface area (Å²) >= 11 is 1.36. The topological polar surface area (TPSA) is 84.7 Å². The van der Waals surface area contributed by atoms with Crippen molar-refractivity contribution in [2.75, 3.05) is 0 Å². The van der Waals surface area contributed by atoms with Crippen molar-refractivity contribution in [2.24, 2.45) is 0 Å². The number of thioether (sulfide) groups is 1. The van der Waals surface area contributed by atoms with Crippen LogP contribution in [0, 0.1) is 13.8 Å². The summed E-state index contributed by atoms with van der Waals surface area (Å²) in [4.78, 5) is 24.4. The molecule has 0 spiro atoms. The monoisotopic (exact) mass is 404 g/mol. The highest BCUT2D eigenvalue weighted by atomic mass is 32.2. The molecular formula is C22H20N4O2S. The van der Waals surface area contributed by atoms with Crippen LogP contribution in [0.1, 0.15) is 28.3 Å². The zero-order valence-corrected chi connectivity index (χ0v) is 17.0. The van der Waals surface area contributed by atoms with Gasteiger partial charge in [-0.2, -0.15) is 4.98 Å². The van der Waals surface area contributed by atoms with Crippen LogP contribution in [0.15, 0.2) is 69.1 Å². The summed E-state index contributed by atoms with van der Waals surface area (Å²) in [6, 6.07) is 17.8. The fourth-order valence-corrected chi connectivity index (χ4v) is 3.67. The Balaban J connectivity index is 1.45. The number of nitrogens with zero attached hydrogens (tertiary/aromatic N) is 3. The van der Waals surface area contributed by atoms with Crippen molar-refractivity contribution >= 4 is 11.8 Å². The average molecular weight is 404 g/mol. The van der Waals surface area contributed by atoms with Crippen LogP contribution >= 0.6 is 11.8 Å². The first-order valence-electron chi connectivity index (χ1n) is 9.24. The molecule has 0 fully saturated rings. The van der Waals surface area contributed by atoms with Gasteiger partial charge in [-0.25, -0.2) is 4.98 Å². The smallest absolute Gasteiger partial charge is 0.255 e. The molecular weight excluding hydrogens is 384 g/mol. The van der Waals surface area contributed by atoms with Crippen molar-refractivity contribution in [2.45, 2.75) is 31.2 Å². The van der Waals surface area contributed by atoms with Gasteiger partial charge in [-0.3, -0.25) is 4.79 Å². The third-order valence-electron chi connectivity index (χ3n) is 4.53. The van der Waals surface area contributed by atoms with Crippen molar-refractivity contribution in [1.82, 2.24) is 20.1 Å². The number of nitrogens with one attached hydrogen (secondary N) is 1. The second-order valence-electron chi connectivity index (χ2n) is 6.76. The van der Waals surface area contributed by atoms with Gasteiger partial charge in [0.05, 0.1) is 5.75 Å². The highest BCUT2D eigenvalue weighted by Gasteiger charge is 2.12. The van der Waals surface area contributed by atoms with E-state index >= 15 is 0 Å². The average Bonchev–Trinajstić information content (AvgIpc) is 3.19. The van der Waals surface area contributed by atoms with Crippen LogP contribution in [0.4, 0.5) is 0 Å². The number of H-pyrrole nitrogens is 1. The fourth-order valence-electron chi connectivity index (χ4n) is 2.92. The number of aryl methyl sites for hydroxylation is 2. The quantitative estimate of drug-likeness (QED) is 0.381. The zero-order chi connectivity index (χ0) is 20.2. The lowest BCUT2D eigenvalue weighted by Crippen LogP contribution is -2.17. The van der Waals surface area contributed by atoms with E-state index in [2.05, 4.69) is 20.1 Å². The number of aromatic nitrogens is 4. The van der Waals surface area contributed by atoms with Crippen molar-refractivity contribution in [3.63, 3.8) is 0 Å². The maximum Gasteiger partial charge on any atom is 0.255 e. The Morgan fingerprint density at radius 1 is 1.00 bits per heavy atom. The summed E-state index contributed by atoms with van der Waals surface area (Å²) in [6.07, 6.45) is 0.559. The van der Waals surface area contributed by atoms with Gasteiger partial charge < -0.3 is 9.51 Å². The van der Waals surface area contributed by atoms with Gasteiger partial charge in [-0.05, 0) is 19.4 Å². The lowest BCUT2D eigenvalue weighted by Gasteiger charge is -2.06. The van der Waals surface area contributed by atoms with Gasteiger partial charge in [-0.15, -0.1) is 0 Å². The minimum atomic E-state index is -0.116. The maximum atomic E-state index is 12.5. The Bertz CT molecular complexity index is 1170. The summed E-state index contributed by atoms with van der Waals surface area (Å²) in [5, 5.41) is 4.57. The van der Waals surface area contributed by atoms with Gasteiger partial charge in [0.1, 0.15) is 0 Å². The van der Waals surface area contributed by atoms with E-state index < -0.39 is 0 Å². The lowest BCUT2D eigenvalue weighted by atomic mass is 10.1. The van der Waals surface area contributed by atoms with E-state index in [1.165, 1.54) is 17.3 Å². The second kappa shape index (κ2) is 8.45. The maximum absolute atomic E-state index is 12.5. The molecule has 0 aliphatic rings.